The monoisotopic (exact) mass is 506 g/mol. The Hall–Kier alpha value is -0.420. The van der Waals surface area contributed by atoms with Crippen LogP contribution >= 0.6 is 7.82 Å². The lowest BCUT2D eigenvalue weighted by Gasteiger charge is -2.05. The number of hydrogen-bond acceptors (Lipinski definition) is 3. The molecule has 0 saturated carbocycles. The first-order chi connectivity index (χ1) is 16.4. The SMILES string of the molecule is O=C(O)CCCCCCCCCCCCCCCCCCCCCCCCCCOP(=O)(O)O. The molecule has 204 valence electrons. The van der Waals surface area contributed by atoms with E-state index in [9.17, 15) is 9.36 Å². The summed E-state index contributed by atoms with van der Waals surface area (Å²) >= 11 is 0. The van der Waals surface area contributed by atoms with Gasteiger partial charge in [-0.1, -0.05) is 141 Å². The molecule has 34 heavy (non-hydrogen) atoms. The lowest BCUT2D eigenvalue weighted by molar-refractivity contribution is -0.137. The van der Waals surface area contributed by atoms with E-state index in [1.54, 1.807) is 0 Å². The minimum atomic E-state index is -4.28. The Kier molecular flexibility index (Phi) is 25.3. The zero-order chi connectivity index (χ0) is 25.2. The molecule has 0 heterocycles. The van der Waals surface area contributed by atoms with Gasteiger partial charge in [0.25, 0.3) is 0 Å². The molecule has 0 aliphatic heterocycles. The minimum Gasteiger partial charge on any atom is -0.481 e. The molecule has 0 aromatic rings. The number of hydrogen-bond donors (Lipinski definition) is 3. The molecule has 0 rings (SSSR count). The molecule has 0 bridgehead atoms. The third-order valence-electron chi connectivity index (χ3n) is 6.54. The highest BCUT2D eigenvalue weighted by Crippen LogP contribution is 2.35. The molecule has 3 N–H and O–H groups in total. The van der Waals surface area contributed by atoms with E-state index < -0.39 is 13.8 Å². The van der Waals surface area contributed by atoms with Crippen molar-refractivity contribution < 1.29 is 28.8 Å². The maximum Gasteiger partial charge on any atom is 0.469 e. The first-order valence-electron chi connectivity index (χ1n) is 14.3. The van der Waals surface area contributed by atoms with Crippen LogP contribution in [-0.2, 0) is 13.9 Å². The van der Waals surface area contributed by atoms with E-state index in [1.165, 1.54) is 122 Å². The number of carboxylic acids is 1. The average molecular weight is 507 g/mol. The van der Waals surface area contributed by atoms with Gasteiger partial charge in [-0.15, -0.1) is 0 Å². The van der Waals surface area contributed by atoms with Crippen molar-refractivity contribution in [2.75, 3.05) is 6.61 Å². The zero-order valence-corrected chi connectivity index (χ0v) is 22.8. The molecule has 7 heteroatoms. The fourth-order valence-corrected chi connectivity index (χ4v) is 4.82. The Morgan fingerprint density at radius 3 is 0.941 bits per heavy atom. The number of aliphatic carboxylic acids is 1. The van der Waals surface area contributed by atoms with Gasteiger partial charge in [0.1, 0.15) is 0 Å². The first-order valence-corrected chi connectivity index (χ1v) is 15.9. The number of phosphoric acid groups is 1. The molecule has 0 spiro atoms. The predicted octanol–water partition coefficient (Wildman–Crippen LogP) is 8.93. The molecule has 0 aromatic carbocycles. The van der Waals surface area contributed by atoms with Crippen molar-refractivity contribution in [3.05, 3.63) is 0 Å². The summed E-state index contributed by atoms with van der Waals surface area (Å²) in [7, 11) is -4.28. The lowest BCUT2D eigenvalue weighted by atomic mass is 10.0. The van der Waals surface area contributed by atoms with E-state index in [-0.39, 0.29) is 6.61 Å². The van der Waals surface area contributed by atoms with Crippen LogP contribution < -0.4 is 0 Å². The fraction of sp³-hybridized carbons (Fsp3) is 0.963. The molecule has 6 nitrogen and oxygen atoms in total. The van der Waals surface area contributed by atoms with Gasteiger partial charge >= 0.3 is 13.8 Å². The molecule has 0 unspecified atom stereocenters. The standard InChI is InChI=1S/C27H55O6P/c28-27(29)25-23-21-19-17-15-13-11-9-7-5-3-1-2-4-6-8-10-12-14-16-18-20-22-24-26-33-34(30,31)32/h1-26H2,(H,28,29)(H2,30,31,32). The van der Waals surface area contributed by atoms with Gasteiger partial charge in [0, 0.05) is 6.42 Å². The van der Waals surface area contributed by atoms with Gasteiger partial charge in [-0.3, -0.25) is 9.32 Å². The quantitative estimate of drug-likeness (QED) is 0.0722. The van der Waals surface area contributed by atoms with Crippen molar-refractivity contribution in [2.24, 2.45) is 0 Å². The summed E-state index contributed by atoms with van der Waals surface area (Å²) in [6.07, 6.45) is 30.6. The van der Waals surface area contributed by atoms with E-state index in [0.29, 0.717) is 6.42 Å². The van der Waals surface area contributed by atoms with E-state index >= 15 is 0 Å². The summed E-state index contributed by atoms with van der Waals surface area (Å²) in [4.78, 5) is 27.6. The van der Waals surface area contributed by atoms with Gasteiger partial charge < -0.3 is 14.9 Å². The number of carbonyl (C=O) groups is 1. The fourth-order valence-electron chi connectivity index (χ4n) is 4.45. The second-order valence-electron chi connectivity index (χ2n) is 9.95. The zero-order valence-electron chi connectivity index (χ0n) is 21.9. The van der Waals surface area contributed by atoms with Crippen LogP contribution in [0.5, 0.6) is 0 Å². The van der Waals surface area contributed by atoms with Crippen LogP contribution in [0, 0.1) is 0 Å². The molecule has 0 radical (unpaired) electrons. The third-order valence-corrected chi connectivity index (χ3v) is 7.06. The average Bonchev–Trinajstić information content (AvgIpc) is 2.77. The summed E-state index contributed by atoms with van der Waals surface area (Å²) < 4.78 is 15.0. The summed E-state index contributed by atoms with van der Waals surface area (Å²) in [5.41, 5.74) is 0. The van der Waals surface area contributed by atoms with Crippen LogP contribution in [0.4, 0.5) is 0 Å². The van der Waals surface area contributed by atoms with E-state index in [4.69, 9.17) is 14.9 Å². The van der Waals surface area contributed by atoms with Crippen molar-refractivity contribution in [3.63, 3.8) is 0 Å². The molecular formula is C27H55O6P. The first kappa shape index (κ1) is 33.6. The van der Waals surface area contributed by atoms with Crippen LogP contribution in [0.3, 0.4) is 0 Å². The van der Waals surface area contributed by atoms with Crippen LogP contribution in [0.15, 0.2) is 0 Å². The minimum absolute atomic E-state index is 0.158. The maximum atomic E-state index is 10.5. The van der Waals surface area contributed by atoms with E-state index in [0.717, 1.165) is 32.1 Å². The normalized spacial score (nSPS) is 11.8. The van der Waals surface area contributed by atoms with Crippen molar-refractivity contribution in [3.8, 4) is 0 Å². The molecule has 0 saturated heterocycles. The van der Waals surface area contributed by atoms with Crippen LogP contribution in [-0.4, -0.2) is 27.5 Å². The summed E-state index contributed by atoms with van der Waals surface area (Å²) in [5, 5.41) is 8.60. The Labute approximate surface area is 209 Å². The number of carboxylic acid groups (broad SMARTS) is 1. The lowest BCUT2D eigenvalue weighted by Crippen LogP contribution is -1.93. The van der Waals surface area contributed by atoms with Crippen LogP contribution in [0.1, 0.15) is 161 Å². The maximum absolute atomic E-state index is 10.5. The third kappa shape index (κ3) is 31.6. The molecule has 0 aliphatic carbocycles. The Bertz CT molecular complexity index is 480. The molecular weight excluding hydrogens is 451 g/mol. The van der Waals surface area contributed by atoms with Crippen molar-refractivity contribution in [1.29, 1.82) is 0 Å². The van der Waals surface area contributed by atoms with Gasteiger partial charge in [-0.05, 0) is 12.8 Å². The summed E-state index contributed by atoms with van der Waals surface area (Å²) in [6.45, 7) is 0.158. The molecule has 0 amide bonds. The molecule has 0 aliphatic rings. The highest BCUT2D eigenvalue weighted by atomic mass is 31.2. The predicted molar refractivity (Wildman–Crippen MR) is 141 cm³/mol. The highest BCUT2D eigenvalue weighted by molar-refractivity contribution is 7.46. The Morgan fingerprint density at radius 2 is 0.706 bits per heavy atom. The number of rotatable bonds is 28. The Balaban J connectivity index is 3.05. The molecule has 0 atom stereocenters. The van der Waals surface area contributed by atoms with Gasteiger partial charge in [-0.2, -0.15) is 0 Å². The van der Waals surface area contributed by atoms with Gasteiger partial charge in [0.15, 0.2) is 0 Å². The van der Waals surface area contributed by atoms with Gasteiger partial charge in [0.2, 0.25) is 0 Å². The van der Waals surface area contributed by atoms with Crippen molar-refractivity contribution in [2.45, 2.75) is 161 Å². The van der Waals surface area contributed by atoms with Crippen LogP contribution in [0.25, 0.3) is 0 Å². The highest BCUT2D eigenvalue weighted by Gasteiger charge is 2.12. The van der Waals surface area contributed by atoms with Crippen LogP contribution in [0.2, 0.25) is 0 Å². The van der Waals surface area contributed by atoms with Gasteiger partial charge in [-0.25, -0.2) is 4.57 Å². The molecule has 0 aromatic heterocycles. The summed E-state index contributed by atoms with van der Waals surface area (Å²) in [6, 6.07) is 0. The Morgan fingerprint density at radius 1 is 0.471 bits per heavy atom. The number of unbranched alkanes of at least 4 members (excludes halogenated alkanes) is 23. The second-order valence-corrected chi connectivity index (χ2v) is 11.2. The van der Waals surface area contributed by atoms with Crippen molar-refractivity contribution >= 4 is 13.8 Å². The molecule has 0 fully saturated rings. The topological polar surface area (TPSA) is 104 Å². The smallest absolute Gasteiger partial charge is 0.469 e. The van der Waals surface area contributed by atoms with E-state index in [1.807, 2.05) is 0 Å². The summed E-state index contributed by atoms with van der Waals surface area (Å²) in [5.74, 6) is -0.665. The second kappa shape index (κ2) is 25.7. The van der Waals surface area contributed by atoms with Gasteiger partial charge in [0.05, 0.1) is 6.61 Å². The number of phosphoric ester groups is 1. The largest absolute Gasteiger partial charge is 0.481 e. The van der Waals surface area contributed by atoms with E-state index in [2.05, 4.69) is 4.52 Å². The van der Waals surface area contributed by atoms with Crippen molar-refractivity contribution in [1.82, 2.24) is 0 Å².